The van der Waals surface area contributed by atoms with Gasteiger partial charge in [0.2, 0.25) is 0 Å². The summed E-state index contributed by atoms with van der Waals surface area (Å²) >= 11 is 0. The molecule has 4 rings (SSSR count). The second kappa shape index (κ2) is 5.37. The molecule has 1 aromatic heterocycles. The minimum atomic E-state index is -0.715. The molecular weight excluding hydrogens is 280 g/mol. The summed E-state index contributed by atoms with van der Waals surface area (Å²) in [6.45, 7) is 3.73. The van der Waals surface area contributed by atoms with Crippen LogP contribution in [0.4, 0.5) is 0 Å². The fourth-order valence-electron chi connectivity index (χ4n) is 3.42. The zero-order valence-electron chi connectivity index (χ0n) is 12.5. The molecule has 1 saturated heterocycles. The summed E-state index contributed by atoms with van der Waals surface area (Å²) in [7, 11) is 0. The van der Waals surface area contributed by atoms with Gasteiger partial charge in [-0.25, -0.2) is 4.68 Å². The lowest BCUT2D eigenvalue weighted by Gasteiger charge is -2.23. The lowest BCUT2D eigenvalue weighted by atomic mass is 10.0. The molecular formula is C16H20N4O2. The predicted octanol–water partition coefficient (Wildman–Crippen LogP) is 0.850. The molecule has 1 fully saturated rings. The predicted molar refractivity (Wildman–Crippen MR) is 80.5 cm³/mol. The third-order valence-electron chi connectivity index (χ3n) is 4.50. The Kier molecular flexibility index (Phi) is 3.35. The van der Waals surface area contributed by atoms with Gasteiger partial charge in [0.25, 0.3) is 0 Å². The monoisotopic (exact) mass is 300 g/mol. The van der Waals surface area contributed by atoms with E-state index < -0.39 is 5.60 Å². The number of hydrogen-bond acceptors (Lipinski definition) is 5. The van der Waals surface area contributed by atoms with Crippen LogP contribution in [0, 0.1) is 0 Å². The van der Waals surface area contributed by atoms with Crippen molar-refractivity contribution in [2.45, 2.75) is 31.5 Å². The van der Waals surface area contributed by atoms with Gasteiger partial charge in [-0.1, -0.05) is 17.3 Å². The number of fused-ring (bicyclic) bond motifs is 1. The topological polar surface area (TPSA) is 63.4 Å². The molecule has 2 aliphatic heterocycles. The van der Waals surface area contributed by atoms with Crippen molar-refractivity contribution in [3.63, 3.8) is 0 Å². The number of ether oxygens (including phenoxy) is 1. The van der Waals surface area contributed by atoms with Gasteiger partial charge in [0.1, 0.15) is 5.75 Å². The van der Waals surface area contributed by atoms with Gasteiger partial charge in [-0.15, -0.1) is 5.10 Å². The summed E-state index contributed by atoms with van der Waals surface area (Å²) in [6.07, 6.45) is 5.20. The Labute approximate surface area is 129 Å². The van der Waals surface area contributed by atoms with E-state index in [9.17, 15) is 5.11 Å². The Hall–Kier alpha value is -1.92. The Balaban J connectivity index is 1.40. The number of nitrogens with zero attached hydrogens (tertiary/aromatic N) is 4. The van der Waals surface area contributed by atoms with Gasteiger partial charge in [-0.3, -0.25) is 4.90 Å². The van der Waals surface area contributed by atoms with Gasteiger partial charge in [0, 0.05) is 32.3 Å². The molecule has 1 aromatic carbocycles. The van der Waals surface area contributed by atoms with Crippen LogP contribution >= 0.6 is 0 Å². The number of benzene rings is 1. The highest BCUT2D eigenvalue weighted by molar-refractivity contribution is 5.39. The molecule has 6 nitrogen and oxygen atoms in total. The molecule has 0 bridgehead atoms. The van der Waals surface area contributed by atoms with E-state index in [0.29, 0.717) is 13.1 Å². The van der Waals surface area contributed by atoms with Crippen LogP contribution in [0.2, 0.25) is 0 Å². The summed E-state index contributed by atoms with van der Waals surface area (Å²) in [5.74, 6) is 1.02. The molecule has 1 N–H and O–H groups in total. The summed E-state index contributed by atoms with van der Waals surface area (Å²) in [4.78, 5) is 2.30. The Morgan fingerprint density at radius 3 is 3.18 bits per heavy atom. The normalized spacial score (nSPS) is 24.4. The van der Waals surface area contributed by atoms with Crippen LogP contribution < -0.4 is 4.74 Å². The SMILES string of the molecule is OC1(Cn2ccnn2)CCN(Cc2ccc3c(c2)CCO3)C1. The zero-order chi connectivity index (χ0) is 15.0. The maximum atomic E-state index is 10.7. The maximum Gasteiger partial charge on any atom is 0.122 e. The fraction of sp³-hybridized carbons (Fsp3) is 0.500. The van der Waals surface area contributed by atoms with Crippen LogP contribution in [0.1, 0.15) is 17.5 Å². The van der Waals surface area contributed by atoms with E-state index in [0.717, 1.165) is 38.3 Å². The van der Waals surface area contributed by atoms with Crippen molar-refractivity contribution < 1.29 is 9.84 Å². The molecule has 0 spiro atoms. The van der Waals surface area contributed by atoms with Gasteiger partial charge in [0.05, 0.1) is 24.9 Å². The Morgan fingerprint density at radius 1 is 1.36 bits per heavy atom. The minimum Gasteiger partial charge on any atom is -0.493 e. The highest BCUT2D eigenvalue weighted by atomic mass is 16.5. The molecule has 22 heavy (non-hydrogen) atoms. The fourth-order valence-corrected chi connectivity index (χ4v) is 3.42. The van der Waals surface area contributed by atoms with Crippen LogP contribution in [0.5, 0.6) is 5.75 Å². The third kappa shape index (κ3) is 2.71. The van der Waals surface area contributed by atoms with Gasteiger partial charge < -0.3 is 9.84 Å². The molecule has 0 saturated carbocycles. The van der Waals surface area contributed by atoms with Gasteiger partial charge in [-0.2, -0.15) is 0 Å². The molecule has 0 amide bonds. The standard InChI is InChI=1S/C16H20N4O2/c21-16(12-20-7-5-17-18-20)4-6-19(11-16)10-13-1-2-15-14(9-13)3-8-22-15/h1-2,5,7,9,21H,3-4,6,8,10-12H2. The molecule has 0 aliphatic carbocycles. The average molecular weight is 300 g/mol. The molecule has 1 atom stereocenters. The van der Waals surface area contributed by atoms with Crippen molar-refractivity contribution in [3.8, 4) is 5.75 Å². The first kappa shape index (κ1) is 13.7. The van der Waals surface area contributed by atoms with Crippen molar-refractivity contribution in [2.75, 3.05) is 19.7 Å². The van der Waals surface area contributed by atoms with Crippen LogP contribution in [-0.2, 0) is 19.5 Å². The molecule has 6 heteroatoms. The van der Waals surface area contributed by atoms with E-state index in [1.807, 2.05) is 0 Å². The number of rotatable bonds is 4. The zero-order valence-corrected chi connectivity index (χ0v) is 12.5. The largest absolute Gasteiger partial charge is 0.493 e. The van der Waals surface area contributed by atoms with E-state index in [2.05, 4.69) is 33.4 Å². The summed E-state index contributed by atoms with van der Waals surface area (Å²) < 4.78 is 7.25. The highest BCUT2D eigenvalue weighted by Crippen LogP contribution is 2.28. The van der Waals surface area contributed by atoms with Gasteiger partial charge in [0.15, 0.2) is 0 Å². The van der Waals surface area contributed by atoms with E-state index in [4.69, 9.17) is 4.74 Å². The van der Waals surface area contributed by atoms with E-state index in [-0.39, 0.29) is 0 Å². The second-order valence-corrected chi connectivity index (χ2v) is 6.33. The van der Waals surface area contributed by atoms with Crippen LogP contribution in [-0.4, -0.2) is 50.3 Å². The first-order valence-corrected chi connectivity index (χ1v) is 7.74. The molecule has 1 unspecified atom stereocenters. The summed E-state index contributed by atoms with van der Waals surface area (Å²) in [5, 5.41) is 18.5. The summed E-state index contributed by atoms with van der Waals surface area (Å²) in [5.41, 5.74) is 1.87. The van der Waals surface area contributed by atoms with Crippen LogP contribution in [0.15, 0.2) is 30.6 Å². The van der Waals surface area contributed by atoms with E-state index in [1.165, 1.54) is 11.1 Å². The molecule has 116 valence electrons. The highest BCUT2D eigenvalue weighted by Gasteiger charge is 2.36. The molecule has 2 aromatic rings. The Bertz CT molecular complexity index is 658. The van der Waals surface area contributed by atoms with Crippen molar-refractivity contribution >= 4 is 0 Å². The van der Waals surface area contributed by atoms with Crippen molar-refractivity contribution in [1.82, 2.24) is 19.9 Å². The Morgan fingerprint density at radius 2 is 2.32 bits per heavy atom. The quantitative estimate of drug-likeness (QED) is 0.907. The van der Waals surface area contributed by atoms with Gasteiger partial charge >= 0.3 is 0 Å². The second-order valence-electron chi connectivity index (χ2n) is 6.33. The molecule has 2 aliphatic rings. The van der Waals surface area contributed by atoms with Gasteiger partial charge in [-0.05, 0) is 23.6 Å². The lowest BCUT2D eigenvalue weighted by molar-refractivity contribution is 0.0274. The number of aliphatic hydroxyl groups is 1. The van der Waals surface area contributed by atoms with Crippen LogP contribution in [0.25, 0.3) is 0 Å². The maximum absolute atomic E-state index is 10.7. The summed E-state index contributed by atoms with van der Waals surface area (Å²) in [6, 6.07) is 6.42. The first-order chi connectivity index (χ1) is 10.7. The van der Waals surface area contributed by atoms with Crippen molar-refractivity contribution in [1.29, 1.82) is 0 Å². The number of aromatic nitrogens is 3. The van der Waals surface area contributed by atoms with E-state index >= 15 is 0 Å². The van der Waals surface area contributed by atoms with Crippen molar-refractivity contribution in [3.05, 3.63) is 41.7 Å². The van der Waals surface area contributed by atoms with E-state index in [1.54, 1.807) is 17.1 Å². The lowest BCUT2D eigenvalue weighted by Crippen LogP contribution is -2.37. The smallest absolute Gasteiger partial charge is 0.122 e. The first-order valence-electron chi connectivity index (χ1n) is 7.74. The minimum absolute atomic E-state index is 0.502. The average Bonchev–Trinajstić information content (AvgIpc) is 3.21. The number of hydrogen-bond donors (Lipinski definition) is 1. The van der Waals surface area contributed by atoms with Crippen molar-refractivity contribution in [2.24, 2.45) is 0 Å². The van der Waals surface area contributed by atoms with Crippen LogP contribution in [0.3, 0.4) is 0 Å². The molecule has 0 radical (unpaired) electrons. The third-order valence-corrected chi connectivity index (χ3v) is 4.50. The number of likely N-dealkylation sites (tertiary alicyclic amines) is 1. The molecule has 3 heterocycles. The number of β-amino-alcohol motifs (C(OH)–C–C–N with tert-alkyl or cyclic N) is 1.